The molecule has 176 valence electrons. The van der Waals surface area contributed by atoms with Gasteiger partial charge in [-0.05, 0) is 26.8 Å². The Hall–Kier alpha value is -2.92. The van der Waals surface area contributed by atoms with Crippen LogP contribution in [0.2, 0.25) is 0 Å². The zero-order valence-corrected chi connectivity index (χ0v) is 20.2. The van der Waals surface area contributed by atoms with E-state index in [1.165, 1.54) is 6.26 Å². The molecule has 5 rings (SSSR count). The summed E-state index contributed by atoms with van der Waals surface area (Å²) >= 11 is 0. The molecule has 5 heterocycles. The summed E-state index contributed by atoms with van der Waals surface area (Å²) in [6.45, 7) is 6.82. The van der Waals surface area contributed by atoms with Gasteiger partial charge in [0.05, 0.1) is 42.6 Å². The topological polar surface area (TPSA) is 122 Å². The van der Waals surface area contributed by atoms with Gasteiger partial charge in [0.1, 0.15) is 22.9 Å². The van der Waals surface area contributed by atoms with Crippen LogP contribution in [0.3, 0.4) is 0 Å². The summed E-state index contributed by atoms with van der Waals surface area (Å²) in [4.78, 5) is 19.7. The molecular formula is C22H28N6O4S. The highest BCUT2D eigenvalue weighted by molar-refractivity contribution is 7.91. The van der Waals surface area contributed by atoms with Gasteiger partial charge >= 0.3 is 0 Å². The number of aromatic amines is 1. The second-order valence-electron chi connectivity index (χ2n) is 9.13. The van der Waals surface area contributed by atoms with Crippen LogP contribution in [0.1, 0.15) is 26.5 Å². The van der Waals surface area contributed by atoms with Crippen molar-refractivity contribution < 1.29 is 17.9 Å². The van der Waals surface area contributed by atoms with Crippen LogP contribution in [0.5, 0.6) is 5.75 Å². The molecule has 2 aliphatic heterocycles. The van der Waals surface area contributed by atoms with E-state index < -0.39 is 14.6 Å². The number of sulfone groups is 1. The lowest BCUT2D eigenvalue weighted by atomic mass is 10.0. The number of nitrogens with one attached hydrogen (secondary N) is 2. The van der Waals surface area contributed by atoms with Gasteiger partial charge in [0.25, 0.3) is 0 Å². The minimum absolute atomic E-state index is 0.0110. The molecule has 0 spiro atoms. The molecule has 2 atom stereocenters. The summed E-state index contributed by atoms with van der Waals surface area (Å²) in [5.74, 6) is 2.01. The first-order valence-corrected chi connectivity index (χ1v) is 12.8. The molecule has 10 nitrogen and oxygen atoms in total. The SMILES string of the molecule is CNc1ncc2[nH]ccc2c1-c1nc2c(c(C(C)(C)S(C)(=O)=O)n1)OC[C@@H]1COC[C@@H](C)N21. The average Bonchev–Trinajstić information content (AvgIpc) is 3.25. The van der Waals surface area contributed by atoms with Gasteiger partial charge in [-0.3, -0.25) is 0 Å². The number of hydrogen-bond donors (Lipinski definition) is 2. The van der Waals surface area contributed by atoms with Crippen molar-refractivity contribution in [3.8, 4) is 17.1 Å². The molecule has 2 aliphatic rings. The fourth-order valence-electron chi connectivity index (χ4n) is 4.47. The van der Waals surface area contributed by atoms with Gasteiger partial charge in [-0.2, -0.15) is 0 Å². The van der Waals surface area contributed by atoms with Crippen molar-refractivity contribution in [3.05, 3.63) is 24.2 Å². The van der Waals surface area contributed by atoms with Gasteiger partial charge in [-0.1, -0.05) is 0 Å². The highest BCUT2D eigenvalue weighted by Gasteiger charge is 2.44. The van der Waals surface area contributed by atoms with Crippen molar-refractivity contribution in [1.29, 1.82) is 0 Å². The smallest absolute Gasteiger partial charge is 0.185 e. The van der Waals surface area contributed by atoms with Crippen LogP contribution < -0.4 is 15.0 Å². The molecule has 2 N–H and O–H groups in total. The standard InChI is InChI=1S/C22H28N6O4S/c1-12-9-31-10-13-11-32-17-18(22(2,3)33(5,29)30)26-20(27-21(17)28(12)13)16-14-6-7-24-15(14)8-25-19(16)23-4/h6-8,12-13,24H,9-11H2,1-5H3,(H,23,25)/t12-,13+/m1/s1. The van der Waals surface area contributed by atoms with Gasteiger partial charge in [0, 0.05) is 24.9 Å². The summed E-state index contributed by atoms with van der Waals surface area (Å²) in [5.41, 5.74) is 1.88. The van der Waals surface area contributed by atoms with E-state index in [1.54, 1.807) is 27.1 Å². The van der Waals surface area contributed by atoms with Gasteiger partial charge < -0.3 is 24.7 Å². The molecule has 0 amide bonds. The summed E-state index contributed by atoms with van der Waals surface area (Å²) in [7, 11) is -1.74. The van der Waals surface area contributed by atoms with Gasteiger partial charge in [0.2, 0.25) is 0 Å². The van der Waals surface area contributed by atoms with E-state index in [0.29, 0.717) is 54.3 Å². The zero-order valence-electron chi connectivity index (χ0n) is 19.3. The second-order valence-corrected chi connectivity index (χ2v) is 11.7. The van der Waals surface area contributed by atoms with Gasteiger partial charge in [-0.15, -0.1) is 0 Å². The maximum atomic E-state index is 12.8. The molecule has 0 unspecified atom stereocenters. The normalized spacial score (nSPS) is 20.8. The Balaban J connectivity index is 1.84. The quantitative estimate of drug-likeness (QED) is 0.589. The zero-order chi connectivity index (χ0) is 23.5. The number of H-pyrrole nitrogens is 1. The average molecular weight is 473 g/mol. The predicted molar refractivity (Wildman–Crippen MR) is 127 cm³/mol. The number of rotatable bonds is 4. The number of morpholine rings is 1. The lowest BCUT2D eigenvalue weighted by Gasteiger charge is -2.45. The number of pyridine rings is 1. The Labute approximate surface area is 192 Å². The molecule has 3 aromatic rings. The third-order valence-electron chi connectivity index (χ3n) is 6.62. The van der Waals surface area contributed by atoms with Crippen molar-refractivity contribution in [1.82, 2.24) is 19.9 Å². The number of hydrogen-bond acceptors (Lipinski definition) is 9. The van der Waals surface area contributed by atoms with Crippen LogP contribution in [0, 0.1) is 0 Å². The molecule has 3 aromatic heterocycles. The Kier molecular flexibility index (Phi) is 5.02. The molecule has 0 bridgehead atoms. The van der Waals surface area contributed by atoms with Crippen molar-refractivity contribution in [2.75, 3.05) is 43.3 Å². The molecule has 1 saturated heterocycles. The Bertz CT molecular complexity index is 1340. The first-order valence-electron chi connectivity index (χ1n) is 10.9. The number of fused-ring (bicyclic) bond motifs is 4. The third kappa shape index (κ3) is 3.33. The lowest BCUT2D eigenvalue weighted by Crippen LogP contribution is -2.56. The van der Waals surface area contributed by atoms with Gasteiger partial charge in [-0.25, -0.2) is 23.4 Å². The Morgan fingerprint density at radius 3 is 2.76 bits per heavy atom. The highest BCUT2D eigenvalue weighted by Crippen LogP contribution is 2.45. The van der Waals surface area contributed by atoms with E-state index in [4.69, 9.17) is 19.4 Å². The number of aromatic nitrogens is 4. The van der Waals surface area contributed by atoms with E-state index in [2.05, 4.69) is 27.1 Å². The highest BCUT2D eigenvalue weighted by atomic mass is 32.2. The van der Waals surface area contributed by atoms with Crippen LogP contribution in [0.25, 0.3) is 22.3 Å². The molecule has 33 heavy (non-hydrogen) atoms. The minimum atomic E-state index is -3.53. The van der Waals surface area contributed by atoms with Crippen molar-refractivity contribution in [3.63, 3.8) is 0 Å². The molecule has 1 fully saturated rings. The summed E-state index contributed by atoms with van der Waals surface area (Å²) in [5, 5.41) is 4.01. The van der Waals surface area contributed by atoms with Crippen LogP contribution in [0.15, 0.2) is 18.5 Å². The largest absolute Gasteiger partial charge is 0.486 e. The maximum absolute atomic E-state index is 12.8. The fourth-order valence-corrected chi connectivity index (χ4v) is 4.96. The van der Waals surface area contributed by atoms with Crippen LogP contribution in [-0.4, -0.2) is 73.6 Å². The van der Waals surface area contributed by atoms with Crippen molar-refractivity contribution in [2.45, 2.75) is 37.6 Å². The first kappa shape index (κ1) is 21.9. The van der Waals surface area contributed by atoms with Crippen molar-refractivity contribution in [2.24, 2.45) is 0 Å². The molecule has 0 aromatic carbocycles. The number of nitrogens with zero attached hydrogens (tertiary/aromatic N) is 4. The number of anilines is 2. The van der Waals surface area contributed by atoms with Crippen molar-refractivity contribution >= 4 is 32.4 Å². The molecule has 0 saturated carbocycles. The Morgan fingerprint density at radius 1 is 1.24 bits per heavy atom. The summed E-state index contributed by atoms with van der Waals surface area (Å²) in [6.07, 6.45) is 4.80. The number of ether oxygens (including phenoxy) is 2. The van der Waals surface area contributed by atoms with E-state index >= 15 is 0 Å². The molecular weight excluding hydrogens is 444 g/mol. The monoisotopic (exact) mass is 472 g/mol. The maximum Gasteiger partial charge on any atom is 0.185 e. The van der Waals surface area contributed by atoms with E-state index in [9.17, 15) is 8.42 Å². The van der Waals surface area contributed by atoms with Crippen LogP contribution in [-0.2, 0) is 19.3 Å². The summed E-state index contributed by atoms with van der Waals surface area (Å²) < 4.78 is 36.3. The first-order chi connectivity index (χ1) is 15.6. The minimum Gasteiger partial charge on any atom is -0.486 e. The van der Waals surface area contributed by atoms with E-state index in [1.807, 2.05) is 12.3 Å². The Morgan fingerprint density at radius 2 is 2.03 bits per heavy atom. The van der Waals surface area contributed by atoms with Crippen LogP contribution in [0.4, 0.5) is 11.6 Å². The lowest BCUT2D eigenvalue weighted by molar-refractivity contribution is 0.0482. The second kappa shape index (κ2) is 7.56. The molecule has 0 aliphatic carbocycles. The predicted octanol–water partition coefficient (Wildman–Crippen LogP) is 2.33. The fraction of sp³-hybridized carbons (Fsp3) is 0.500. The van der Waals surface area contributed by atoms with Gasteiger partial charge in [0.15, 0.2) is 27.2 Å². The summed E-state index contributed by atoms with van der Waals surface area (Å²) in [6, 6.07) is 1.98. The van der Waals surface area contributed by atoms with E-state index in [0.717, 1.165) is 10.9 Å². The van der Waals surface area contributed by atoms with Crippen LogP contribution >= 0.6 is 0 Å². The molecule has 11 heteroatoms. The van der Waals surface area contributed by atoms with E-state index in [-0.39, 0.29) is 12.1 Å². The third-order valence-corrected chi connectivity index (χ3v) is 8.66. The molecule has 0 radical (unpaired) electrons.